The van der Waals surface area contributed by atoms with Crippen LogP contribution in [0.5, 0.6) is 0 Å². The Hall–Kier alpha value is -2.37. The maximum absolute atomic E-state index is 12.1. The second-order valence-electron chi connectivity index (χ2n) is 6.83. The Balaban J connectivity index is 1.61. The first-order valence-electron chi connectivity index (χ1n) is 7.86. The lowest BCUT2D eigenvalue weighted by Gasteiger charge is -2.24. The lowest BCUT2D eigenvalue weighted by molar-refractivity contribution is 0.0293. The number of rotatable bonds is 2. The lowest BCUT2D eigenvalue weighted by atomic mass is 10.2. The summed E-state index contributed by atoms with van der Waals surface area (Å²) in [7, 11) is 0. The maximum Gasteiger partial charge on any atom is 0.410 e. The van der Waals surface area contributed by atoms with Crippen molar-refractivity contribution >= 4 is 22.8 Å². The molecule has 6 nitrogen and oxygen atoms in total. The second-order valence-corrected chi connectivity index (χ2v) is 6.83. The number of aromatic nitrogens is 2. The quantitative estimate of drug-likeness (QED) is 0.923. The third kappa shape index (κ3) is 3.88. The molecule has 6 heteroatoms. The van der Waals surface area contributed by atoms with E-state index in [1.807, 2.05) is 39.0 Å². The Morgan fingerprint density at radius 1 is 1.39 bits per heavy atom. The number of ether oxygens (including phenoxy) is 1. The number of fused-ring (bicyclic) bond motifs is 1. The lowest BCUT2D eigenvalue weighted by Crippen LogP contribution is -2.36. The number of hydrogen-bond donors (Lipinski definition) is 1. The molecule has 0 unspecified atom stereocenters. The van der Waals surface area contributed by atoms with Crippen LogP contribution < -0.4 is 5.32 Å². The van der Waals surface area contributed by atoms with Crippen molar-refractivity contribution < 1.29 is 9.53 Å². The van der Waals surface area contributed by atoms with Crippen molar-refractivity contribution in [3.63, 3.8) is 0 Å². The number of likely N-dealkylation sites (tertiary alicyclic amines) is 1. The predicted molar refractivity (Wildman–Crippen MR) is 89.4 cm³/mol. The number of carbonyl (C=O) groups is 1. The summed E-state index contributed by atoms with van der Waals surface area (Å²) in [6, 6.07) is 6.12. The molecule has 2 aromatic heterocycles. The molecule has 3 rings (SSSR count). The van der Waals surface area contributed by atoms with E-state index >= 15 is 0 Å². The molecule has 1 fully saturated rings. The van der Waals surface area contributed by atoms with Gasteiger partial charge in [-0.05, 0) is 45.4 Å². The van der Waals surface area contributed by atoms with Crippen LogP contribution in [-0.4, -0.2) is 45.7 Å². The molecule has 1 N–H and O–H groups in total. The molecule has 0 aromatic carbocycles. The normalized spacial score (nSPS) is 18.2. The van der Waals surface area contributed by atoms with Crippen LogP contribution >= 0.6 is 0 Å². The van der Waals surface area contributed by atoms with Gasteiger partial charge in [-0.25, -0.2) is 14.8 Å². The maximum atomic E-state index is 12.1. The van der Waals surface area contributed by atoms with E-state index in [-0.39, 0.29) is 12.1 Å². The highest BCUT2D eigenvalue weighted by Crippen LogP contribution is 2.20. The molecule has 3 heterocycles. The monoisotopic (exact) mass is 314 g/mol. The van der Waals surface area contributed by atoms with Gasteiger partial charge in [0.05, 0.1) is 11.9 Å². The van der Waals surface area contributed by atoms with Crippen LogP contribution in [0.4, 0.5) is 10.5 Å². The van der Waals surface area contributed by atoms with Crippen molar-refractivity contribution in [2.24, 2.45) is 0 Å². The Bertz CT molecular complexity index is 711. The molecule has 1 aliphatic heterocycles. The minimum atomic E-state index is -0.460. The van der Waals surface area contributed by atoms with Crippen LogP contribution in [0.1, 0.15) is 27.2 Å². The average Bonchev–Trinajstić information content (AvgIpc) is 2.94. The fourth-order valence-electron chi connectivity index (χ4n) is 2.65. The first-order chi connectivity index (χ1) is 10.9. The Kier molecular flexibility index (Phi) is 4.07. The summed E-state index contributed by atoms with van der Waals surface area (Å²) in [5.41, 5.74) is 1.22. The second kappa shape index (κ2) is 6.02. The largest absolute Gasteiger partial charge is 0.444 e. The minimum Gasteiger partial charge on any atom is -0.444 e. The van der Waals surface area contributed by atoms with Crippen molar-refractivity contribution in [1.29, 1.82) is 0 Å². The van der Waals surface area contributed by atoms with Gasteiger partial charge < -0.3 is 15.0 Å². The van der Waals surface area contributed by atoms with Gasteiger partial charge in [0.15, 0.2) is 5.65 Å². The molecule has 1 amide bonds. The smallest absolute Gasteiger partial charge is 0.410 e. The van der Waals surface area contributed by atoms with Crippen molar-refractivity contribution in [2.45, 2.75) is 38.8 Å². The molecule has 23 heavy (non-hydrogen) atoms. The SMILES string of the molecule is CC(C)(C)OC(=O)N1CC[C@@H](Nc2cnc3ncccc3c2)C1. The van der Waals surface area contributed by atoms with E-state index in [0.717, 1.165) is 23.1 Å². The van der Waals surface area contributed by atoms with Crippen molar-refractivity contribution in [3.05, 3.63) is 30.6 Å². The van der Waals surface area contributed by atoms with E-state index in [2.05, 4.69) is 15.3 Å². The average molecular weight is 314 g/mol. The summed E-state index contributed by atoms with van der Waals surface area (Å²) < 4.78 is 5.42. The van der Waals surface area contributed by atoms with Gasteiger partial charge in [-0.3, -0.25) is 0 Å². The molecule has 1 saturated heterocycles. The van der Waals surface area contributed by atoms with E-state index in [0.29, 0.717) is 13.1 Å². The molecule has 122 valence electrons. The first-order valence-corrected chi connectivity index (χ1v) is 7.86. The Morgan fingerprint density at radius 2 is 2.22 bits per heavy atom. The highest BCUT2D eigenvalue weighted by Gasteiger charge is 2.29. The number of carbonyl (C=O) groups excluding carboxylic acids is 1. The number of nitrogens with zero attached hydrogens (tertiary/aromatic N) is 3. The van der Waals surface area contributed by atoms with E-state index in [9.17, 15) is 4.79 Å². The number of anilines is 1. The van der Waals surface area contributed by atoms with Crippen LogP contribution in [0.2, 0.25) is 0 Å². The number of nitrogens with one attached hydrogen (secondary N) is 1. The highest BCUT2D eigenvalue weighted by atomic mass is 16.6. The zero-order valence-corrected chi connectivity index (χ0v) is 13.7. The summed E-state index contributed by atoms with van der Waals surface area (Å²) >= 11 is 0. The topological polar surface area (TPSA) is 67.3 Å². The van der Waals surface area contributed by atoms with E-state index in [1.165, 1.54) is 0 Å². The van der Waals surface area contributed by atoms with Gasteiger partial charge in [-0.2, -0.15) is 0 Å². The molecule has 1 aliphatic rings. The Morgan fingerprint density at radius 3 is 3.00 bits per heavy atom. The van der Waals surface area contributed by atoms with E-state index in [1.54, 1.807) is 17.3 Å². The predicted octanol–water partition coefficient (Wildman–Crippen LogP) is 3.05. The molecular formula is C17H22N4O2. The van der Waals surface area contributed by atoms with Gasteiger partial charge in [0.1, 0.15) is 5.60 Å². The van der Waals surface area contributed by atoms with E-state index < -0.39 is 5.60 Å². The van der Waals surface area contributed by atoms with Gasteiger partial charge in [-0.15, -0.1) is 0 Å². The summed E-state index contributed by atoms with van der Waals surface area (Å²) in [5.74, 6) is 0. The van der Waals surface area contributed by atoms with Gasteiger partial charge in [-0.1, -0.05) is 0 Å². The molecular weight excluding hydrogens is 292 g/mol. The summed E-state index contributed by atoms with van der Waals surface area (Å²) in [5, 5.41) is 4.44. The summed E-state index contributed by atoms with van der Waals surface area (Å²) in [6.45, 7) is 6.98. The third-order valence-corrected chi connectivity index (χ3v) is 3.66. The van der Waals surface area contributed by atoms with Gasteiger partial charge in [0.2, 0.25) is 0 Å². The molecule has 1 atom stereocenters. The van der Waals surface area contributed by atoms with Gasteiger partial charge in [0, 0.05) is 30.7 Å². The number of pyridine rings is 2. The van der Waals surface area contributed by atoms with Crippen LogP contribution in [0.15, 0.2) is 30.6 Å². The zero-order chi connectivity index (χ0) is 16.4. The standard InChI is InChI=1S/C17H22N4O2/c1-17(2,3)23-16(22)21-8-6-13(11-21)20-14-9-12-5-4-7-18-15(12)19-10-14/h4-5,7,9-10,13,20H,6,8,11H2,1-3H3/t13-/m1/s1. The molecule has 0 saturated carbocycles. The fourth-order valence-corrected chi connectivity index (χ4v) is 2.65. The Labute approximate surface area is 135 Å². The van der Waals surface area contributed by atoms with Crippen LogP contribution in [0.3, 0.4) is 0 Å². The molecule has 0 aliphatic carbocycles. The summed E-state index contributed by atoms with van der Waals surface area (Å²) in [4.78, 5) is 22.4. The van der Waals surface area contributed by atoms with Crippen molar-refractivity contribution in [1.82, 2.24) is 14.9 Å². The third-order valence-electron chi connectivity index (χ3n) is 3.66. The number of amides is 1. The van der Waals surface area contributed by atoms with Crippen molar-refractivity contribution in [2.75, 3.05) is 18.4 Å². The van der Waals surface area contributed by atoms with Crippen molar-refractivity contribution in [3.8, 4) is 0 Å². The van der Waals surface area contributed by atoms with Crippen LogP contribution in [-0.2, 0) is 4.74 Å². The number of hydrogen-bond acceptors (Lipinski definition) is 5. The fraction of sp³-hybridized carbons (Fsp3) is 0.471. The van der Waals surface area contributed by atoms with Gasteiger partial charge >= 0.3 is 6.09 Å². The van der Waals surface area contributed by atoms with E-state index in [4.69, 9.17) is 4.74 Å². The molecule has 0 spiro atoms. The van der Waals surface area contributed by atoms with Gasteiger partial charge in [0.25, 0.3) is 0 Å². The van der Waals surface area contributed by atoms with Crippen LogP contribution in [0, 0.1) is 0 Å². The first kappa shape index (κ1) is 15.5. The highest BCUT2D eigenvalue weighted by molar-refractivity contribution is 5.78. The molecule has 2 aromatic rings. The summed E-state index contributed by atoms with van der Waals surface area (Å²) in [6.07, 6.45) is 4.16. The molecule has 0 radical (unpaired) electrons. The van der Waals surface area contributed by atoms with Crippen LogP contribution in [0.25, 0.3) is 11.0 Å². The zero-order valence-electron chi connectivity index (χ0n) is 13.7. The minimum absolute atomic E-state index is 0.207. The molecule has 0 bridgehead atoms.